The second kappa shape index (κ2) is 10.2. The maximum atomic E-state index is 13.2. The summed E-state index contributed by atoms with van der Waals surface area (Å²) in [5.74, 6) is 0.472. The van der Waals surface area contributed by atoms with Crippen LogP contribution in [-0.2, 0) is 9.59 Å². The quantitative estimate of drug-likeness (QED) is 0.596. The number of amides is 4. The number of imide groups is 1. The molecule has 4 amide bonds. The number of ether oxygens (including phenoxy) is 2. The van der Waals surface area contributed by atoms with Crippen LogP contribution in [0.4, 0.5) is 16.2 Å². The third-order valence-corrected chi connectivity index (χ3v) is 5.11. The first kappa shape index (κ1) is 23.1. The van der Waals surface area contributed by atoms with Gasteiger partial charge in [-0.25, -0.2) is 9.69 Å². The lowest BCUT2D eigenvalue weighted by atomic mass is 10.1. The molecule has 1 atom stereocenters. The lowest BCUT2D eigenvalue weighted by molar-refractivity contribution is -0.124. The van der Waals surface area contributed by atoms with E-state index in [-0.39, 0.29) is 18.4 Å². The Kier molecular flexibility index (Phi) is 7.35. The SMILES string of the molecule is CCCOc1ccc(NC(=O)CC2C(=O)N(c3cccc(OC)c3)C(=O)N2C(C)C)cc1. The molecule has 1 N–H and O–H groups in total. The van der Waals surface area contributed by atoms with Crippen LogP contribution in [0, 0.1) is 0 Å². The normalized spacial score (nSPS) is 16.0. The van der Waals surface area contributed by atoms with Gasteiger partial charge in [0, 0.05) is 17.8 Å². The molecular formula is C24H29N3O5. The highest BCUT2D eigenvalue weighted by Gasteiger charge is 2.47. The summed E-state index contributed by atoms with van der Waals surface area (Å²) >= 11 is 0. The second-order valence-corrected chi connectivity index (χ2v) is 7.80. The molecule has 0 radical (unpaired) electrons. The van der Waals surface area contributed by atoms with Gasteiger partial charge >= 0.3 is 6.03 Å². The average molecular weight is 440 g/mol. The van der Waals surface area contributed by atoms with Gasteiger partial charge in [0.25, 0.3) is 5.91 Å². The average Bonchev–Trinajstić information content (AvgIpc) is 3.02. The molecule has 2 aromatic carbocycles. The van der Waals surface area contributed by atoms with Gasteiger partial charge in [-0.1, -0.05) is 13.0 Å². The van der Waals surface area contributed by atoms with Crippen LogP contribution >= 0.6 is 0 Å². The Morgan fingerprint density at radius 3 is 2.44 bits per heavy atom. The van der Waals surface area contributed by atoms with E-state index >= 15 is 0 Å². The Bertz CT molecular complexity index is 974. The van der Waals surface area contributed by atoms with Crippen LogP contribution in [0.5, 0.6) is 11.5 Å². The molecule has 8 heteroatoms. The highest BCUT2D eigenvalue weighted by atomic mass is 16.5. The minimum atomic E-state index is -0.888. The first-order chi connectivity index (χ1) is 15.3. The maximum absolute atomic E-state index is 13.2. The van der Waals surface area contributed by atoms with Crippen molar-refractivity contribution in [3.63, 3.8) is 0 Å². The van der Waals surface area contributed by atoms with Gasteiger partial charge in [-0.05, 0) is 56.7 Å². The molecule has 1 aliphatic heterocycles. The molecule has 1 heterocycles. The van der Waals surface area contributed by atoms with Crippen molar-refractivity contribution in [1.82, 2.24) is 4.90 Å². The fraction of sp³-hybridized carbons (Fsp3) is 0.375. The summed E-state index contributed by atoms with van der Waals surface area (Å²) in [6, 6.07) is 12.2. The lowest BCUT2D eigenvalue weighted by Gasteiger charge is -2.25. The van der Waals surface area contributed by atoms with Crippen LogP contribution in [0.15, 0.2) is 48.5 Å². The molecule has 8 nitrogen and oxygen atoms in total. The number of urea groups is 1. The Labute approximate surface area is 188 Å². The van der Waals surface area contributed by atoms with E-state index in [1.54, 1.807) is 48.5 Å². The number of methoxy groups -OCH3 is 1. The molecule has 0 aliphatic carbocycles. The summed E-state index contributed by atoms with van der Waals surface area (Å²) in [4.78, 5) is 41.5. The number of rotatable bonds is 9. The van der Waals surface area contributed by atoms with Crippen LogP contribution in [-0.4, -0.2) is 48.5 Å². The molecule has 0 spiro atoms. The van der Waals surface area contributed by atoms with Gasteiger partial charge in [0.05, 0.1) is 25.8 Å². The Hall–Kier alpha value is -3.55. The van der Waals surface area contributed by atoms with Crippen molar-refractivity contribution in [3.8, 4) is 11.5 Å². The van der Waals surface area contributed by atoms with Crippen LogP contribution in [0.3, 0.4) is 0 Å². The summed E-state index contributed by atoms with van der Waals surface area (Å²) in [6.07, 6.45) is 0.767. The van der Waals surface area contributed by atoms with E-state index in [0.29, 0.717) is 23.7 Å². The number of hydrogen-bond donors (Lipinski definition) is 1. The number of nitrogens with one attached hydrogen (secondary N) is 1. The molecule has 1 aliphatic rings. The van der Waals surface area contributed by atoms with Gasteiger partial charge in [0.2, 0.25) is 5.91 Å². The first-order valence-corrected chi connectivity index (χ1v) is 10.7. The molecule has 1 unspecified atom stereocenters. The third kappa shape index (κ3) is 5.01. The number of benzene rings is 2. The molecule has 1 fully saturated rings. The first-order valence-electron chi connectivity index (χ1n) is 10.7. The van der Waals surface area contributed by atoms with E-state index < -0.39 is 18.0 Å². The molecule has 0 bridgehead atoms. The van der Waals surface area contributed by atoms with Gasteiger partial charge in [0.1, 0.15) is 17.5 Å². The highest BCUT2D eigenvalue weighted by Crippen LogP contribution is 2.30. The second-order valence-electron chi connectivity index (χ2n) is 7.80. The largest absolute Gasteiger partial charge is 0.497 e. The van der Waals surface area contributed by atoms with E-state index in [1.165, 1.54) is 12.0 Å². The molecule has 170 valence electrons. The molecule has 0 aromatic heterocycles. The van der Waals surface area contributed by atoms with E-state index in [2.05, 4.69) is 5.32 Å². The standard InChI is InChI=1S/C24H29N3O5/c1-5-13-32-19-11-9-17(10-12-19)25-22(28)15-21-23(29)27(24(30)26(21)16(2)3)18-7-6-8-20(14-18)31-4/h6-12,14,16,21H,5,13,15H2,1-4H3,(H,25,28). The van der Waals surface area contributed by atoms with E-state index in [0.717, 1.165) is 17.1 Å². The number of anilines is 2. The Morgan fingerprint density at radius 1 is 1.09 bits per heavy atom. The van der Waals surface area contributed by atoms with E-state index in [1.807, 2.05) is 20.8 Å². The summed E-state index contributed by atoms with van der Waals surface area (Å²) in [6.45, 7) is 6.29. The number of nitrogens with zero attached hydrogens (tertiary/aromatic N) is 2. The van der Waals surface area contributed by atoms with Crippen LogP contribution < -0.4 is 19.7 Å². The van der Waals surface area contributed by atoms with Crippen molar-refractivity contribution in [2.75, 3.05) is 23.9 Å². The maximum Gasteiger partial charge on any atom is 0.332 e. The Morgan fingerprint density at radius 2 is 1.81 bits per heavy atom. The predicted octanol–water partition coefficient (Wildman–Crippen LogP) is 4.06. The fourth-order valence-corrected chi connectivity index (χ4v) is 3.61. The van der Waals surface area contributed by atoms with E-state index in [9.17, 15) is 14.4 Å². The van der Waals surface area contributed by atoms with Gasteiger partial charge in [-0.15, -0.1) is 0 Å². The van der Waals surface area contributed by atoms with Gasteiger partial charge < -0.3 is 19.7 Å². The molecule has 1 saturated heterocycles. The van der Waals surface area contributed by atoms with Crippen LogP contribution in [0.2, 0.25) is 0 Å². The van der Waals surface area contributed by atoms with Crippen LogP contribution in [0.1, 0.15) is 33.6 Å². The molecule has 32 heavy (non-hydrogen) atoms. The smallest absolute Gasteiger partial charge is 0.332 e. The van der Waals surface area contributed by atoms with Crippen LogP contribution in [0.25, 0.3) is 0 Å². The molecular weight excluding hydrogens is 410 g/mol. The molecule has 0 saturated carbocycles. The third-order valence-electron chi connectivity index (χ3n) is 5.11. The monoisotopic (exact) mass is 439 g/mol. The summed E-state index contributed by atoms with van der Waals surface area (Å²) < 4.78 is 10.8. The number of carbonyl (C=O) groups is 3. The topological polar surface area (TPSA) is 88.2 Å². The van der Waals surface area contributed by atoms with Crippen molar-refractivity contribution in [3.05, 3.63) is 48.5 Å². The predicted molar refractivity (Wildman–Crippen MR) is 122 cm³/mol. The fourth-order valence-electron chi connectivity index (χ4n) is 3.61. The molecule has 3 rings (SSSR count). The van der Waals surface area contributed by atoms with Crippen molar-refractivity contribution in [2.24, 2.45) is 0 Å². The minimum absolute atomic E-state index is 0.142. The number of carbonyl (C=O) groups excluding carboxylic acids is 3. The zero-order valence-electron chi connectivity index (χ0n) is 18.8. The van der Waals surface area contributed by atoms with Gasteiger partial charge in [0.15, 0.2) is 0 Å². The van der Waals surface area contributed by atoms with Gasteiger partial charge in [-0.3, -0.25) is 9.59 Å². The lowest BCUT2D eigenvalue weighted by Crippen LogP contribution is -2.42. The number of hydrogen-bond acceptors (Lipinski definition) is 5. The van der Waals surface area contributed by atoms with Crippen molar-refractivity contribution in [2.45, 2.75) is 45.7 Å². The van der Waals surface area contributed by atoms with Crippen molar-refractivity contribution in [1.29, 1.82) is 0 Å². The zero-order valence-corrected chi connectivity index (χ0v) is 18.8. The zero-order chi connectivity index (χ0) is 23.3. The van der Waals surface area contributed by atoms with Gasteiger partial charge in [-0.2, -0.15) is 0 Å². The summed E-state index contributed by atoms with van der Waals surface area (Å²) in [7, 11) is 1.52. The Balaban J connectivity index is 1.74. The highest BCUT2D eigenvalue weighted by molar-refractivity contribution is 6.22. The van der Waals surface area contributed by atoms with E-state index in [4.69, 9.17) is 9.47 Å². The summed E-state index contributed by atoms with van der Waals surface area (Å²) in [5.41, 5.74) is 1.01. The van der Waals surface area contributed by atoms with Crippen molar-refractivity contribution < 1.29 is 23.9 Å². The van der Waals surface area contributed by atoms with Crippen molar-refractivity contribution >= 4 is 29.2 Å². The minimum Gasteiger partial charge on any atom is -0.497 e. The molecule has 2 aromatic rings. The summed E-state index contributed by atoms with van der Waals surface area (Å²) in [5, 5.41) is 2.80.